The molecule has 0 bridgehead atoms. The van der Waals surface area contributed by atoms with E-state index in [0.717, 1.165) is 13.0 Å². The van der Waals surface area contributed by atoms with E-state index < -0.39 is 23.6 Å². The van der Waals surface area contributed by atoms with Gasteiger partial charge in [-0.15, -0.1) is 0 Å². The van der Waals surface area contributed by atoms with Crippen LogP contribution in [0.2, 0.25) is 5.02 Å². The summed E-state index contributed by atoms with van der Waals surface area (Å²) in [4.78, 5) is 19.7. The monoisotopic (exact) mass is 476 g/mol. The van der Waals surface area contributed by atoms with E-state index in [0.29, 0.717) is 23.1 Å². The van der Waals surface area contributed by atoms with Crippen LogP contribution in [0.15, 0.2) is 35.1 Å². The quantitative estimate of drug-likeness (QED) is 0.411. The summed E-state index contributed by atoms with van der Waals surface area (Å²) in [7, 11) is 0. The van der Waals surface area contributed by atoms with E-state index >= 15 is 0 Å². The van der Waals surface area contributed by atoms with Crippen molar-refractivity contribution in [2.45, 2.75) is 32.1 Å². The fourth-order valence-electron chi connectivity index (χ4n) is 3.87. The van der Waals surface area contributed by atoms with Gasteiger partial charge in [-0.3, -0.25) is 4.79 Å². The Hall–Kier alpha value is -3.40. The van der Waals surface area contributed by atoms with E-state index in [1.54, 1.807) is 13.0 Å². The molecule has 33 heavy (non-hydrogen) atoms. The summed E-state index contributed by atoms with van der Waals surface area (Å²) in [5.74, 6) is -5.37. The molecule has 1 fully saturated rings. The Kier molecular flexibility index (Phi) is 4.75. The Bertz CT molecular complexity index is 1430. The molecule has 0 radical (unpaired) electrons. The van der Waals surface area contributed by atoms with Crippen LogP contribution < -0.4 is 0 Å². The van der Waals surface area contributed by atoms with Crippen LogP contribution >= 0.6 is 11.6 Å². The van der Waals surface area contributed by atoms with Gasteiger partial charge in [-0.2, -0.15) is 4.98 Å². The molecule has 11 heteroatoms. The van der Waals surface area contributed by atoms with Gasteiger partial charge >= 0.3 is 5.97 Å². The van der Waals surface area contributed by atoms with E-state index in [-0.39, 0.29) is 39.6 Å². The number of hydrogen-bond donors (Lipinski definition) is 1. The summed E-state index contributed by atoms with van der Waals surface area (Å²) < 4.78 is 48.8. The maximum absolute atomic E-state index is 14.7. The molecule has 0 aliphatic heterocycles. The number of pyridine rings is 1. The van der Waals surface area contributed by atoms with Gasteiger partial charge in [0, 0.05) is 36.4 Å². The number of aliphatic carboxylic acids is 1. The number of aromatic nitrogens is 4. The van der Waals surface area contributed by atoms with Crippen LogP contribution in [0, 0.1) is 18.7 Å². The zero-order valence-electron chi connectivity index (χ0n) is 17.3. The summed E-state index contributed by atoms with van der Waals surface area (Å²) in [6.45, 7) is 2.50. The van der Waals surface area contributed by atoms with E-state index in [9.17, 15) is 18.0 Å². The average Bonchev–Trinajstić information content (AvgIpc) is 3.16. The molecule has 2 unspecified atom stereocenters. The number of halogens is 4. The highest BCUT2D eigenvalue weighted by Crippen LogP contribution is 2.49. The van der Waals surface area contributed by atoms with Gasteiger partial charge in [-0.1, -0.05) is 22.8 Å². The minimum Gasteiger partial charge on any atom is -0.481 e. The van der Waals surface area contributed by atoms with Gasteiger partial charge in [-0.25, -0.2) is 18.2 Å². The number of nitrogens with zero attached hydrogens (tertiary/aromatic N) is 4. The van der Waals surface area contributed by atoms with Crippen molar-refractivity contribution in [1.29, 1.82) is 0 Å². The molecular weight excluding hydrogens is 461 g/mol. The number of alkyl halides is 2. The van der Waals surface area contributed by atoms with E-state index in [4.69, 9.17) is 21.2 Å². The number of imidazole rings is 1. The van der Waals surface area contributed by atoms with Crippen molar-refractivity contribution in [1.82, 2.24) is 19.5 Å². The lowest BCUT2D eigenvalue weighted by molar-refractivity contribution is -0.138. The van der Waals surface area contributed by atoms with Crippen LogP contribution in [0.1, 0.15) is 36.0 Å². The summed E-state index contributed by atoms with van der Waals surface area (Å²) >= 11 is 6.12. The molecule has 7 nitrogen and oxygen atoms in total. The summed E-state index contributed by atoms with van der Waals surface area (Å²) in [5, 5.41) is 13.0. The molecule has 3 heterocycles. The lowest BCUT2D eigenvalue weighted by Gasteiger charge is -2.11. The number of carboxylic acids is 1. The predicted molar refractivity (Wildman–Crippen MR) is 112 cm³/mol. The topological polar surface area (TPSA) is 93.5 Å². The molecule has 5 rings (SSSR count). The molecule has 1 saturated carbocycles. The molecule has 1 aliphatic carbocycles. The van der Waals surface area contributed by atoms with E-state index in [2.05, 4.69) is 15.1 Å². The van der Waals surface area contributed by atoms with Gasteiger partial charge in [-0.05, 0) is 36.6 Å². The number of rotatable bonds is 5. The Balaban J connectivity index is 1.49. The average molecular weight is 477 g/mol. The summed E-state index contributed by atoms with van der Waals surface area (Å²) in [6, 6.07) is 3.99. The number of fused-ring (bicyclic) bond motifs is 1. The first-order chi connectivity index (χ1) is 15.5. The van der Waals surface area contributed by atoms with Gasteiger partial charge in [0.2, 0.25) is 5.82 Å². The normalized spacial score (nSPS) is 18.1. The Morgan fingerprint density at radius 1 is 1.27 bits per heavy atom. The van der Waals surface area contributed by atoms with Crippen molar-refractivity contribution in [2.75, 3.05) is 0 Å². The van der Waals surface area contributed by atoms with Gasteiger partial charge in [0.25, 0.3) is 11.8 Å². The molecule has 1 aliphatic rings. The number of carbonyl (C=O) groups is 1. The molecule has 1 N–H and O–H groups in total. The Labute approximate surface area is 189 Å². The van der Waals surface area contributed by atoms with Crippen molar-refractivity contribution in [3.05, 3.63) is 58.1 Å². The van der Waals surface area contributed by atoms with Crippen molar-refractivity contribution >= 4 is 23.2 Å². The van der Waals surface area contributed by atoms with Crippen LogP contribution in [-0.2, 0) is 10.7 Å². The standard InChI is InChI=1S/C22H16ClF3N4O3/c1-9-3-13(12-5-14(12)21(31)32)16(24)6-11(9)20-28-18(29-33-20)17-8-30-7-10(22(2,25)26)4-15(23)19(30)27-17/h3-4,6-8,12,14H,5H2,1-2H3,(H,31,32). The van der Waals surface area contributed by atoms with Gasteiger partial charge < -0.3 is 14.0 Å². The van der Waals surface area contributed by atoms with Crippen molar-refractivity contribution in [2.24, 2.45) is 5.92 Å². The molecule has 0 spiro atoms. The third-order valence-electron chi connectivity index (χ3n) is 5.75. The molecule has 2 atom stereocenters. The molecule has 3 aromatic heterocycles. The third kappa shape index (κ3) is 3.74. The first-order valence-corrected chi connectivity index (χ1v) is 10.3. The number of benzene rings is 1. The SMILES string of the molecule is Cc1cc(C2CC2C(=O)O)c(F)cc1-c1nc(-c2cn3cc(C(C)(F)F)cc(Cl)c3n2)no1. The van der Waals surface area contributed by atoms with Crippen molar-refractivity contribution < 1.29 is 27.6 Å². The highest BCUT2D eigenvalue weighted by molar-refractivity contribution is 6.33. The highest BCUT2D eigenvalue weighted by atomic mass is 35.5. The fourth-order valence-corrected chi connectivity index (χ4v) is 4.13. The molecule has 4 aromatic rings. The summed E-state index contributed by atoms with van der Waals surface area (Å²) in [5.41, 5.74) is 1.56. The fraction of sp³-hybridized carbons (Fsp3) is 0.273. The van der Waals surface area contributed by atoms with Gasteiger partial charge in [0.1, 0.15) is 11.5 Å². The largest absolute Gasteiger partial charge is 0.481 e. The maximum Gasteiger partial charge on any atom is 0.307 e. The van der Waals surface area contributed by atoms with E-state index in [1.807, 2.05) is 0 Å². The highest BCUT2D eigenvalue weighted by Gasteiger charge is 2.45. The second-order valence-corrected chi connectivity index (χ2v) is 8.63. The second kappa shape index (κ2) is 7.31. The Morgan fingerprint density at radius 2 is 2.03 bits per heavy atom. The zero-order chi connectivity index (χ0) is 23.7. The predicted octanol–water partition coefficient (Wildman–Crippen LogP) is 5.45. The van der Waals surface area contributed by atoms with Crippen LogP contribution in [0.25, 0.3) is 28.6 Å². The van der Waals surface area contributed by atoms with Crippen molar-refractivity contribution in [3.8, 4) is 23.0 Å². The third-order valence-corrected chi connectivity index (χ3v) is 6.03. The maximum atomic E-state index is 14.7. The first kappa shape index (κ1) is 21.4. The summed E-state index contributed by atoms with van der Waals surface area (Å²) in [6.07, 6.45) is 3.07. The molecule has 1 aromatic carbocycles. The lowest BCUT2D eigenvalue weighted by atomic mass is 10.0. The van der Waals surface area contributed by atoms with E-state index in [1.165, 1.54) is 22.9 Å². The first-order valence-electron chi connectivity index (χ1n) is 9.96. The number of hydrogen-bond acceptors (Lipinski definition) is 5. The van der Waals surface area contributed by atoms with Crippen LogP contribution in [-0.4, -0.2) is 30.6 Å². The molecule has 170 valence electrons. The van der Waals surface area contributed by atoms with Crippen LogP contribution in [0.3, 0.4) is 0 Å². The molecule has 0 saturated heterocycles. The van der Waals surface area contributed by atoms with Gasteiger partial charge in [0.15, 0.2) is 5.65 Å². The Morgan fingerprint density at radius 3 is 2.70 bits per heavy atom. The van der Waals surface area contributed by atoms with Gasteiger partial charge in [0.05, 0.1) is 10.9 Å². The van der Waals surface area contributed by atoms with Crippen LogP contribution in [0.5, 0.6) is 0 Å². The number of carboxylic acid groups (broad SMARTS) is 1. The minimum absolute atomic E-state index is 0.0391. The lowest BCUT2D eigenvalue weighted by Crippen LogP contribution is -2.08. The zero-order valence-corrected chi connectivity index (χ0v) is 18.1. The molecule has 0 amide bonds. The number of aryl methyl sites for hydroxylation is 1. The molecular formula is C22H16ClF3N4O3. The minimum atomic E-state index is -3.08. The smallest absolute Gasteiger partial charge is 0.307 e. The van der Waals surface area contributed by atoms with Crippen molar-refractivity contribution in [3.63, 3.8) is 0 Å². The second-order valence-electron chi connectivity index (χ2n) is 8.22. The van der Waals surface area contributed by atoms with Crippen LogP contribution in [0.4, 0.5) is 13.2 Å².